The minimum atomic E-state index is -1.21. The number of carbonyl (C=O) groups excluding carboxylic acids is 3. The summed E-state index contributed by atoms with van der Waals surface area (Å²) in [6.07, 6.45) is 4.61. The van der Waals surface area contributed by atoms with Gasteiger partial charge in [-0.3, -0.25) is 29.1 Å². The molecule has 15 nitrogen and oxygen atoms in total. The number of carboxylic acid groups (broad SMARTS) is 1. The van der Waals surface area contributed by atoms with Gasteiger partial charge < -0.3 is 44.1 Å². The number of hydrogen-bond donors (Lipinski definition) is 3. The molecule has 85 heavy (non-hydrogen) atoms. The summed E-state index contributed by atoms with van der Waals surface area (Å²) >= 11 is 0. The molecule has 9 rings (SSSR count). The fourth-order valence-corrected chi connectivity index (χ4v) is 11.4. The number of aromatic nitrogens is 2. The number of aliphatic hydroxyl groups is 2. The number of amides is 2. The average Bonchev–Trinajstić information content (AvgIpc) is 1.85. The van der Waals surface area contributed by atoms with E-state index in [0.717, 1.165) is 78.4 Å². The number of carboxylic acids is 1. The zero-order valence-electron chi connectivity index (χ0n) is 49.7. The number of aliphatic hydroxyl groups excluding tert-OH is 2. The molecule has 3 aliphatic heterocycles. The van der Waals surface area contributed by atoms with E-state index in [2.05, 4.69) is 13.8 Å². The lowest BCUT2D eigenvalue weighted by atomic mass is 9.87. The van der Waals surface area contributed by atoms with Crippen molar-refractivity contribution in [1.29, 1.82) is 0 Å². The zero-order chi connectivity index (χ0) is 61.3. The maximum Gasteiger partial charge on any atom is 0.305 e. The van der Waals surface area contributed by atoms with E-state index in [4.69, 9.17) is 34.0 Å². The molecule has 4 aromatic carbocycles. The number of benzene rings is 4. The van der Waals surface area contributed by atoms with Gasteiger partial charge in [-0.05, 0) is 90.3 Å². The molecule has 0 saturated carbocycles. The van der Waals surface area contributed by atoms with Gasteiger partial charge in [0.2, 0.25) is 11.8 Å². The Balaban J connectivity index is 0.000000222. The van der Waals surface area contributed by atoms with E-state index in [0.29, 0.717) is 43.6 Å². The Morgan fingerprint density at radius 2 is 1.14 bits per heavy atom. The summed E-state index contributed by atoms with van der Waals surface area (Å²) in [6.45, 7) is 14.7. The van der Waals surface area contributed by atoms with Crippen molar-refractivity contribution < 1.29 is 62.2 Å². The highest BCUT2D eigenvalue weighted by Crippen LogP contribution is 2.45. The van der Waals surface area contributed by atoms with E-state index in [1.807, 2.05) is 88.4 Å². The van der Waals surface area contributed by atoms with Gasteiger partial charge in [-0.1, -0.05) is 125 Å². The topological polar surface area (TPSA) is 198 Å². The minimum absolute atomic E-state index is 0.0358. The van der Waals surface area contributed by atoms with Crippen LogP contribution >= 0.6 is 0 Å². The number of ketones is 1. The minimum Gasteiger partial charge on any atom is -0.481 e. The number of hydrogen-bond acceptors (Lipinski definition) is 12. The monoisotopic (exact) mass is 1160 g/mol. The summed E-state index contributed by atoms with van der Waals surface area (Å²) in [6, 6.07) is 28.4. The maximum atomic E-state index is 14.2. The fourth-order valence-electron chi connectivity index (χ4n) is 11.4. The van der Waals surface area contributed by atoms with Gasteiger partial charge in [0, 0.05) is 93.0 Å². The fraction of sp³-hybridized carbons (Fsp3) is 0.382. The maximum absolute atomic E-state index is 14.2. The number of pyridine rings is 2. The van der Waals surface area contributed by atoms with Crippen LogP contribution in [0.3, 0.4) is 0 Å². The molecular formula is C68H76F2N4O11. The number of halogens is 2. The van der Waals surface area contributed by atoms with Crippen molar-refractivity contribution in [2.45, 2.75) is 142 Å². The van der Waals surface area contributed by atoms with Crippen molar-refractivity contribution in [1.82, 2.24) is 19.8 Å². The summed E-state index contributed by atoms with van der Waals surface area (Å²) in [5, 5.41) is 29.6. The van der Waals surface area contributed by atoms with Gasteiger partial charge in [-0.25, -0.2) is 8.78 Å². The van der Waals surface area contributed by atoms with Gasteiger partial charge in [-0.2, -0.15) is 0 Å². The molecule has 4 atom stereocenters. The molecule has 0 bridgehead atoms. The van der Waals surface area contributed by atoms with Crippen LogP contribution in [-0.2, 0) is 64.3 Å². The number of fused-ring (bicyclic) bond motifs is 6. The van der Waals surface area contributed by atoms with Gasteiger partial charge in [0.05, 0.1) is 53.6 Å². The normalized spacial score (nSPS) is 17.1. The summed E-state index contributed by atoms with van der Waals surface area (Å²) in [7, 11) is 2.99. The number of aliphatic carboxylic acids is 1. The SMILES string of the molecule is COCC(=O)N1Cc2ccccc2-c2nc(C(C)C)c(/C=C/[C@@H](O)C[C@@H](O)CC(=O)O)c(-c3ccc(F)cc3)c2C1.COCC(=O)N1Cc2ccccc2-c2nc(C(C)C)c(/C=C/[C@@H]3C[C@H](CC(C)=O)OC(C)(C)O3)c(-c3ccc(F)cc3)c2C1. The third-order valence-corrected chi connectivity index (χ3v) is 15.1. The van der Waals surface area contributed by atoms with Crippen molar-refractivity contribution >= 4 is 35.7 Å². The second kappa shape index (κ2) is 28.0. The molecule has 0 aliphatic carbocycles. The molecule has 6 aromatic rings. The molecule has 0 unspecified atom stereocenters. The zero-order valence-corrected chi connectivity index (χ0v) is 49.7. The van der Waals surface area contributed by atoms with Gasteiger partial charge in [-0.15, -0.1) is 0 Å². The molecule has 2 amide bonds. The summed E-state index contributed by atoms with van der Waals surface area (Å²) in [5.41, 5.74) is 13.4. The number of carbonyl (C=O) groups is 4. The van der Waals surface area contributed by atoms with E-state index in [1.165, 1.54) is 44.6 Å². The van der Waals surface area contributed by atoms with Gasteiger partial charge in [0.15, 0.2) is 5.79 Å². The first-order valence-electron chi connectivity index (χ1n) is 28.7. The number of rotatable bonds is 18. The van der Waals surface area contributed by atoms with Crippen molar-refractivity contribution in [3.63, 3.8) is 0 Å². The Bertz CT molecular complexity index is 3450. The molecule has 2 aromatic heterocycles. The third kappa shape index (κ3) is 15.6. The first kappa shape index (κ1) is 63.4. The van der Waals surface area contributed by atoms with E-state index < -0.39 is 30.4 Å². The van der Waals surface area contributed by atoms with E-state index in [1.54, 1.807) is 47.1 Å². The summed E-state index contributed by atoms with van der Waals surface area (Å²) < 4.78 is 50.9. The molecule has 448 valence electrons. The molecule has 17 heteroatoms. The number of ether oxygens (including phenoxy) is 4. The van der Waals surface area contributed by atoms with Crippen LogP contribution in [-0.4, -0.2) is 116 Å². The van der Waals surface area contributed by atoms with Crippen LogP contribution in [0.2, 0.25) is 0 Å². The predicted octanol–water partition coefficient (Wildman–Crippen LogP) is 11.8. The lowest BCUT2D eigenvalue weighted by Crippen LogP contribution is -2.44. The highest BCUT2D eigenvalue weighted by atomic mass is 19.1. The van der Waals surface area contributed by atoms with Gasteiger partial charge >= 0.3 is 5.97 Å². The van der Waals surface area contributed by atoms with Crippen molar-refractivity contribution in [2.75, 3.05) is 27.4 Å². The molecule has 0 spiro atoms. The number of methoxy groups -OCH3 is 2. The van der Waals surface area contributed by atoms with Crippen LogP contribution in [0, 0.1) is 11.6 Å². The molecule has 0 radical (unpaired) electrons. The molecular weight excluding hydrogens is 1090 g/mol. The van der Waals surface area contributed by atoms with Crippen LogP contribution in [0.5, 0.6) is 0 Å². The Morgan fingerprint density at radius 3 is 1.58 bits per heavy atom. The van der Waals surface area contributed by atoms with Crippen molar-refractivity contribution in [3.05, 3.63) is 166 Å². The second-order valence-electron chi connectivity index (χ2n) is 22.9. The Kier molecular flexibility index (Phi) is 20.9. The molecule has 5 heterocycles. The van der Waals surface area contributed by atoms with Crippen molar-refractivity contribution in [2.24, 2.45) is 0 Å². The van der Waals surface area contributed by atoms with Crippen LogP contribution in [0.4, 0.5) is 8.78 Å². The average molecular weight is 1160 g/mol. The lowest BCUT2D eigenvalue weighted by molar-refractivity contribution is -0.289. The van der Waals surface area contributed by atoms with Crippen molar-refractivity contribution in [3.8, 4) is 44.8 Å². The number of nitrogens with zero attached hydrogens (tertiary/aromatic N) is 4. The lowest BCUT2D eigenvalue weighted by Gasteiger charge is -2.39. The predicted molar refractivity (Wildman–Crippen MR) is 321 cm³/mol. The highest BCUT2D eigenvalue weighted by Gasteiger charge is 2.36. The Morgan fingerprint density at radius 1 is 0.682 bits per heavy atom. The van der Waals surface area contributed by atoms with E-state index in [9.17, 15) is 38.2 Å². The quantitative estimate of drug-likeness (QED) is 0.0735. The standard InChI is InChI=1S/C36H41FN2O5.C32H35FN2O6/c1-22(2)34-30(16-15-27-18-28(17-23(3)40)44-36(4,5)43-27)33(24-11-13-26(37)14-12-24)31-20-39(32(41)21-42-6)19-25-9-7-8-10-29(25)35(31)38-34;1-19(2)31-26(13-12-23(36)14-24(37)15-29(39)40)30(20-8-10-22(33)11-9-20)27-17-35(28(38)18-41-3)16-21-6-4-5-7-25(21)32(27)34-31/h7-16,22,27-28H,17-21H2,1-6H3;4-13,19,23-24,36-37H,14-18H2,1-3H3,(H,39,40)/b16-15+;13-12+/t27-,28+;23-,24-/m11/s1. The van der Waals surface area contributed by atoms with Crippen LogP contribution in [0.15, 0.2) is 109 Å². The first-order chi connectivity index (χ1) is 40.5. The Labute approximate surface area is 496 Å². The van der Waals surface area contributed by atoms with E-state index >= 15 is 0 Å². The number of Topliss-reactive ketones (excluding diaryl/α,β-unsaturated/α-hetero) is 1. The van der Waals surface area contributed by atoms with Crippen LogP contribution in [0.1, 0.15) is 131 Å². The largest absolute Gasteiger partial charge is 0.481 e. The molecule has 1 saturated heterocycles. The third-order valence-electron chi connectivity index (χ3n) is 15.1. The molecule has 1 fully saturated rings. The second-order valence-corrected chi connectivity index (χ2v) is 22.9. The smallest absolute Gasteiger partial charge is 0.305 e. The summed E-state index contributed by atoms with van der Waals surface area (Å²) in [4.78, 5) is 63.2. The van der Waals surface area contributed by atoms with E-state index in [-0.39, 0.29) is 79.5 Å². The molecule has 3 N–H and O–H groups in total. The molecule has 3 aliphatic rings. The first-order valence-corrected chi connectivity index (χ1v) is 28.7. The van der Waals surface area contributed by atoms with Gasteiger partial charge in [0.25, 0.3) is 0 Å². The Hall–Kier alpha value is -7.64. The summed E-state index contributed by atoms with van der Waals surface area (Å²) in [5.74, 6) is -2.96. The highest BCUT2D eigenvalue weighted by molar-refractivity contribution is 5.89. The van der Waals surface area contributed by atoms with Crippen LogP contribution < -0.4 is 0 Å². The van der Waals surface area contributed by atoms with Crippen LogP contribution in [0.25, 0.3) is 56.9 Å². The van der Waals surface area contributed by atoms with Gasteiger partial charge in [0.1, 0.15) is 30.6 Å².